The molecule has 0 fully saturated rings. The number of halogens is 2. The van der Waals surface area contributed by atoms with Crippen LogP contribution in [0.25, 0.3) is 0 Å². The molecule has 0 saturated carbocycles. The van der Waals surface area contributed by atoms with Crippen LogP contribution in [0, 0.1) is 3.57 Å². The van der Waals surface area contributed by atoms with Gasteiger partial charge in [0.1, 0.15) is 5.69 Å². The van der Waals surface area contributed by atoms with Crippen molar-refractivity contribution < 1.29 is 9.53 Å². The van der Waals surface area contributed by atoms with Gasteiger partial charge in [0.2, 0.25) is 5.88 Å². The molecule has 0 unspecified atom stereocenters. The average Bonchev–Trinajstić information content (AvgIpc) is 2.43. The van der Waals surface area contributed by atoms with Crippen LogP contribution in [-0.4, -0.2) is 17.0 Å². The van der Waals surface area contributed by atoms with E-state index in [4.69, 9.17) is 16.3 Å². The number of ether oxygens (including phenoxy) is 1. The maximum absolute atomic E-state index is 12.3. The molecule has 0 saturated heterocycles. The Hall–Kier alpha value is -1.34. The summed E-state index contributed by atoms with van der Waals surface area (Å²) in [5.41, 5.74) is 1.02. The summed E-state index contributed by atoms with van der Waals surface area (Å²) >= 11 is 8.15. The molecule has 2 aromatic rings. The average molecular weight is 417 g/mol. The zero-order valence-corrected chi connectivity index (χ0v) is 14.5. The van der Waals surface area contributed by atoms with Gasteiger partial charge in [-0.05, 0) is 66.8 Å². The molecule has 0 aliphatic heterocycles. The lowest BCUT2D eigenvalue weighted by Crippen LogP contribution is -2.15. The van der Waals surface area contributed by atoms with Gasteiger partial charge in [-0.25, -0.2) is 4.98 Å². The van der Waals surface area contributed by atoms with Crippen molar-refractivity contribution in [1.29, 1.82) is 0 Å². The van der Waals surface area contributed by atoms with Crippen LogP contribution in [0.5, 0.6) is 5.88 Å². The summed E-state index contributed by atoms with van der Waals surface area (Å²) in [5, 5.41) is 3.34. The van der Waals surface area contributed by atoms with Gasteiger partial charge < -0.3 is 10.1 Å². The van der Waals surface area contributed by atoms with Crippen molar-refractivity contribution in [3.63, 3.8) is 0 Å². The van der Waals surface area contributed by atoms with E-state index in [-0.39, 0.29) is 12.0 Å². The number of carbonyl (C=O) groups is 1. The summed E-state index contributed by atoms with van der Waals surface area (Å²) in [5.74, 6) is 0.146. The van der Waals surface area contributed by atoms with E-state index in [1.807, 2.05) is 13.8 Å². The fraction of sp³-hybridized carbons (Fsp3) is 0.200. The number of benzene rings is 1. The Morgan fingerprint density at radius 1 is 1.38 bits per heavy atom. The first-order valence-electron chi connectivity index (χ1n) is 6.35. The second kappa shape index (κ2) is 7.09. The van der Waals surface area contributed by atoms with Crippen LogP contribution in [0.1, 0.15) is 24.2 Å². The third-order valence-corrected chi connectivity index (χ3v) is 4.12. The van der Waals surface area contributed by atoms with Crippen LogP contribution in [-0.2, 0) is 0 Å². The van der Waals surface area contributed by atoms with Crippen molar-refractivity contribution in [3.8, 4) is 5.88 Å². The van der Waals surface area contributed by atoms with Gasteiger partial charge in [0.05, 0.1) is 11.1 Å². The smallest absolute Gasteiger partial charge is 0.255 e. The van der Waals surface area contributed by atoms with Crippen LogP contribution in [0.4, 0.5) is 5.69 Å². The predicted octanol–water partition coefficient (Wildman–Crippen LogP) is 4.38. The standard InChI is InChI=1S/C15H14ClIN2O2/c1-9(2)21-15-13(4-3-7-18-15)19-14(20)10-5-6-12(17)11(16)8-10/h3-9H,1-2H3,(H,19,20). The molecular weight excluding hydrogens is 403 g/mol. The Labute approximate surface area is 142 Å². The van der Waals surface area contributed by atoms with E-state index in [0.29, 0.717) is 22.2 Å². The van der Waals surface area contributed by atoms with Crippen LogP contribution in [0.15, 0.2) is 36.5 Å². The number of nitrogens with zero attached hydrogens (tertiary/aromatic N) is 1. The van der Waals surface area contributed by atoms with Crippen molar-refractivity contribution >= 4 is 45.8 Å². The lowest BCUT2D eigenvalue weighted by Gasteiger charge is -2.13. The van der Waals surface area contributed by atoms with Gasteiger partial charge in [0, 0.05) is 15.3 Å². The van der Waals surface area contributed by atoms with Gasteiger partial charge in [0.25, 0.3) is 5.91 Å². The Balaban J connectivity index is 2.21. The fourth-order valence-electron chi connectivity index (χ4n) is 1.63. The first-order chi connectivity index (χ1) is 9.97. The van der Waals surface area contributed by atoms with Gasteiger partial charge in [-0.15, -0.1) is 0 Å². The molecule has 1 amide bonds. The highest BCUT2D eigenvalue weighted by molar-refractivity contribution is 14.1. The maximum atomic E-state index is 12.3. The second-order valence-corrected chi connectivity index (χ2v) is 6.18. The quantitative estimate of drug-likeness (QED) is 0.753. The van der Waals surface area contributed by atoms with E-state index in [2.05, 4.69) is 32.9 Å². The van der Waals surface area contributed by atoms with E-state index in [1.54, 1.807) is 36.5 Å². The van der Waals surface area contributed by atoms with E-state index < -0.39 is 0 Å². The molecule has 0 spiro atoms. The van der Waals surface area contributed by atoms with Crippen molar-refractivity contribution in [2.24, 2.45) is 0 Å². The molecule has 21 heavy (non-hydrogen) atoms. The van der Waals surface area contributed by atoms with Crippen LogP contribution >= 0.6 is 34.2 Å². The van der Waals surface area contributed by atoms with Crippen molar-refractivity contribution in [2.45, 2.75) is 20.0 Å². The topological polar surface area (TPSA) is 51.2 Å². The number of carbonyl (C=O) groups excluding carboxylic acids is 1. The highest BCUT2D eigenvalue weighted by Gasteiger charge is 2.12. The molecule has 0 radical (unpaired) electrons. The Bertz CT molecular complexity index is 662. The summed E-state index contributed by atoms with van der Waals surface area (Å²) in [6.07, 6.45) is 1.60. The highest BCUT2D eigenvalue weighted by Crippen LogP contribution is 2.24. The van der Waals surface area contributed by atoms with E-state index in [0.717, 1.165) is 3.57 Å². The molecule has 6 heteroatoms. The second-order valence-electron chi connectivity index (χ2n) is 4.61. The third-order valence-electron chi connectivity index (χ3n) is 2.55. The molecule has 1 heterocycles. The van der Waals surface area contributed by atoms with Crippen LogP contribution in [0.2, 0.25) is 5.02 Å². The number of nitrogens with one attached hydrogen (secondary N) is 1. The number of anilines is 1. The zero-order chi connectivity index (χ0) is 15.4. The number of amides is 1. The Kier molecular flexibility index (Phi) is 5.41. The molecular formula is C15H14ClIN2O2. The summed E-state index contributed by atoms with van der Waals surface area (Å²) in [6.45, 7) is 3.80. The van der Waals surface area contributed by atoms with E-state index >= 15 is 0 Å². The lowest BCUT2D eigenvalue weighted by atomic mass is 10.2. The van der Waals surface area contributed by atoms with E-state index in [9.17, 15) is 4.79 Å². The van der Waals surface area contributed by atoms with Gasteiger partial charge in [0.15, 0.2) is 0 Å². The molecule has 0 aliphatic carbocycles. The van der Waals surface area contributed by atoms with Crippen molar-refractivity contribution in [2.75, 3.05) is 5.32 Å². The summed E-state index contributed by atoms with van der Waals surface area (Å²) < 4.78 is 6.47. The summed E-state index contributed by atoms with van der Waals surface area (Å²) in [6, 6.07) is 8.65. The van der Waals surface area contributed by atoms with E-state index in [1.165, 1.54) is 0 Å². The molecule has 0 bridgehead atoms. The Morgan fingerprint density at radius 2 is 2.14 bits per heavy atom. The summed E-state index contributed by atoms with van der Waals surface area (Å²) in [7, 11) is 0. The molecule has 1 aromatic heterocycles. The lowest BCUT2D eigenvalue weighted by molar-refractivity contribution is 0.102. The predicted molar refractivity (Wildman–Crippen MR) is 92.1 cm³/mol. The molecule has 110 valence electrons. The molecule has 2 rings (SSSR count). The van der Waals surface area contributed by atoms with Gasteiger partial charge >= 0.3 is 0 Å². The Morgan fingerprint density at radius 3 is 2.81 bits per heavy atom. The van der Waals surface area contributed by atoms with Crippen molar-refractivity contribution in [1.82, 2.24) is 4.98 Å². The normalized spacial score (nSPS) is 10.5. The molecule has 4 nitrogen and oxygen atoms in total. The highest BCUT2D eigenvalue weighted by atomic mass is 127. The minimum absolute atomic E-state index is 0.0247. The third kappa shape index (κ3) is 4.31. The van der Waals surface area contributed by atoms with Crippen molar-refractivity contribution in [3.05, 3.63) is 50.7 Å². The largest absolute Gasteiger partial charge is 0.473 e. The van der Waals surface area contributed by atoms with Gasteiger partial charge in [-0.2, -0.15) is 0 Å². The maximum Gasteiger partial charge on any atom is 0.255 e. The SMILES string of the molecule is CC(C)Oc1ncccc1NC(=O)c1ccc(I)c(Cl)c1. The zero-order valence-electron chi connectivity index (χ0n) is 11.6. The number of hydrogen-bond donors (Lipinski definition) is 1. The van der Waals surface area contributed by atoms with Crippen LogP contribution in [0.3, 0.4) is 0 Å². The molecule has 1 N–H and O–H groups in total. The first-order valence-corrected chi connectivity index (χ1v) is 7.81. The number of pyridine rings is 1. The van der Waals surface area contributed by atoms with Gasteiger partial charge in [-0.3, -0.25) is 4.79 Å². The number of rotatable bonds is 4. The monoisotopic (exact) mass is 416 g/mol. The number of aromatic nitrogens is 1. The van der Waals surface area contributed by atoms with Crippen LogP contribution < -0.4 is 10.1 Å². The minimum atomic E-state index is -0.255. The fourth-order valence-corrected chi connectivity index (χ4v) is 2.15. The summed E-state index contributed by atoms with van der Waals surface area (Å²) in [4.78, 5) is 16.4. The molecule has 0 atom stereocenters. The number of hydrogen-bond acceptors (Lipinski definition) is 3. The minimum Gasteiger partial charge on any atom is -0.473 e. The van der Waals surface area contributed by atoms with Gasteiger partial charge in [-0.1, -0.05) is 11.6 Å². The molecule has 1 aromatic carbocycles. The first kappa shape index (κ1) is 16.0. The molecule has 0 aliphatic rings.